The van der Waals surface area contributed by atoms with Crippen molar-refractivity contribution < 1.29 is 5.11 Å². The predicted molar refractivity (Wildman–Crippen MR) is 125 cm³/mol. The van der Waals surface area contributed by atoms with Crippen LogP contribution in [-0.2, 0) is 0 Å². The molecule has 2 aromatic heterocycles. The molecule has 0 aliphatic carbocycles. The zero-order chi connectivity index (χ0) is 21.0. The molecule has 31 heavy (non-hydrogen) atoms. The number of nitrogens with zero attached hydrogens (tertiary/aromatic N) is 2. The molecule has 0 unspecified atom stereocenters. The van der Waals surface area contributed by atoms with Crippen LogP contribution in [0.1, 0.15) is 0 Å². The summed E-state index contributed by atoms with van der Waals surface area (Å²) in [4.78, 5) is 9.20. The van der Waals surface area contributed by atoms with Gasteiger partial charge in [0.1, 0.15) is 5.75 Å². The number of aromatic nitrogens is 2. The fraction of sp³-hybridized carbons (Fsp3) is 0. The summed E-state index contributed by atoms with van der Waals surface area (Å²) in [6, 6.07) is 33.7. The Morgan fingerprint density at radius 1 is 0.484 bits per heavy atom. The summed E-state index contributed by atoms with van der Waals surface area (Å²) in [5.74, 6) is 0.199. The minimum atomic E-state index is 0.199. The van der Waals surface area contributed by atoms with Gasteiger partial charge < -0.3 is 5.11 Å². The first kappa shape index (κ1) is 18.8. The van der Waals surface area contributed by atoms with Crippen LogP contribution in [0, 0.1) is 0 Å². The van der Waals surface area contributed by atoms with Crippen molar-refractivity contribution in [1.82, 2.24) is 9.97 Å². The van der Waals surface area contributed by atoms with E-state index in [1.807, 2.05) is 84.9 Å². The number of hydrogen-bond acceptors (Lipinski definition) is 3. The molecule has 3 aromatic carbocycles. The monoisotopic (exact) mass is 400 g/mol. The van der Waals surface area contributed by atoms with E-state index in [1.165, 1.54) is 0 Å². The lowest BCUT2D eigenvalue weighted by atomic mass is 9.86. The molecule has 5 aromatic rings. The van der Waals surface area contributed by atoms with Crippen LogP contribution < -0.4 is 0 Å². The van der Waals surface area contributed by atoms with Gasteiger partial charge in [-0.1, -0.05) is 72.8 Å². The third-order valence-corrected chi connectivity index (χ3v) is 5.31. The van der Waals surface area contributed by atoms with E-state index in [0.717, 1.165) is 33.5 Å². The molecule has 5 rings (SSSR count). The minimum Gasteiger partial charge on any atom is -0.507 e. The molecule has 0 spiro atoms. The third-order valence-electron chi connectivity index (χ3n) is 5.31. The second-order valence-electron chi connectivity index (χ2n) is 7.23. The number of phenolic OH excluding ortho intramolecular Hbond substituents is 1. The molecule has 0 aliphatic heterocycles. The highest BCUT2D eigenvalue weighted by molar-refractivity contribution is 6.00. The van der Waals surface area contributed by atoms with Crippen molar-refractivity contribution in [2.24, 2.45) is 0 Å². The van der Waals surface area contributed by atoms with E-state index in [1.54, 1.807) is 12.4 Å². The van der Waals surface area contributed by atoms with E-state index in [2.05, 4.69) is 28.2 Å². The fourth-order valence-corrected chi connectivity index (χ4v) is 3.89. The van der Waals surface area contributed by atoms with Gasteiger partial charge in [-0.15, -0.1) is 0 Å². The summed E-state index contributed by atoms with van der Waals surface area (Å²) in [7, 11) is 0. The van der Waals surface area contributed by atoms with E-state index in [-0.39, 0.29) is 5.75 Å². The molecule has 0 bridgehead atoms. The Bertz CT molecular complexity index is 1300. The summed E-state index contributed by atoms with van der Waals surface area (Å²) in [5, 5.41) is 11.5. The average Bonchev–Trinajstić information content (AvgIpc) is 2.86. The molecule has 3 nitrogen and oxygen atoms in total. The number of hydrogen-bond donors (Lipinski definition) is 1. The number of aromatic hydroxyl groups is 1. The van der Waals surface area contributed by atoms with E-state index >= 15 is 0 Å². The van der Waals surface area contributed by atoms with Crippen LogP contribution in [0.4, 0.5) is 0 Å². The molecule has 2 heterocycles. The number of benzene rings is 3. The van der Waals surface area contributed by atoms with Crippen molar-refractivity contribution in [1.29, 1.82) is 0 Å². The first-order valence-corrected chi connectivity index (χ1v) is 10.2. The number of phenols is 1. The maximum atomic E-state index is 11.5. The van der Waals surface area contributed by atoms with Crippen molar-refractivity contribution in [2.75, 3.05) is 0 Å². The molecule has 3 heteroatoms. The summed E-state index contributed by atoms with van der Waals surface area (Å²) in [6.45, 7) is 0. The van der Waals surface area contributed by atoms with Gasteiger partial charge >= 0.3 is 0 Å². The second-order valence-corrected chi connectivity index (χ2v) is 7.23. The Kier molecular flexibility index (Phi) is 4.99. The zero-order valence-electron chi connectivity index (χ0n) is 16.8. The Morgan fingerprint density at radius 3 is 1.48 bits per heavy atom. The van der Waals surface area contributed by atoms with Crippen LogP contribution in [0.15, 0.2) is 116 Å². The van der Waals surface area contributed by atoms with Gasteiger partial charge in [0.2, 0.25) is 0 Å². The highest BCUT2D eigenvalue weighted by Gasteiger charge is 2.23. The molecule has 0 amide bonds. The van der Waals surface area contributed by atoms with Crippen molar-refractivity contribution >= 4 is 0 Å². The van der Waals surface area contributed by atoms with Gasteiger partial charge in [-0.05, 0) is 47.0 Å². The molecular formula is C28H20N2O. The quantitative estimate of drug-likeness (QED) is 0.359. The number of pyridine rings is 2. The maximum Gasteiger partial charge on any atom is 0.133 e. The molecule has 0 atom stereocenters. The molecule has 0 radical (unpaired) electrons. The lowest BCUT2D eigenvalue weighted by molar-refractivity contribution is 0.479. The van der Waals surface area contributed by atoms with Crippen molar-refractivity contribution in [3.63, 3.8) is 0 Å². The van der Waals surface area contributed by atoms with Gasteiger partial charge in [0.05, 0.1) is 17.0 Å². The maximum absolute atomic E-state index is 11.5. The molecule has 0 saturated carbocycles. The van der Waals surface area contributed by atoms with Crippen LogP contribution in [0.5, 0.6) is 5.75 Å². The van der Waals surface area contributed by atoms with Crippen LogP contribution in [0.2, 0.25) is 0 Å². The summed E-state index contributed by atoms with van der Waals surface area (Å²) in [5.41, 5.74) is 6.80. The van der Waals surface area contributed by atoms with E-state index in [0.29, 0.717) is 11.3 Å². The smallest absolute Gasteiger partial charge is 0.133 e. The molecule has 0 aliphatic rings. The summed E-state index contributed by atoms with van der Waals surface area (Å²) >= 11 is 0. The SMILES string of the molecule is Oc1c(-c2ccccc2)cc(-c2ccccc2)c(-c2ccccn2)c1-c1ccccn1. The normalized spacial score (nSPS) is 10.7. The zero-order valence-corrected chi connectivity index (χ0v) is 16.8. The van der Waals surface area contributed by atoms with Gasteiger partial charge in [0.15, 0.2) is 0 Å². The highest BCUT2D eigenvalue weighted by Crippen LogP contribution is 2.48. The summed E-state index contributed by atoms with van der Waals surface area (Å²) in [6.07, 6.45) is 3.52. The van der Waals surface area contributed by atoms with Gasteiger partial charge in [0.25, 0.3) is 0 Å². The van der Waals surface area contributed by atoms with Crippen molar-refractivity contribution in [2.45, 2.75) is 0 Å². The summed E-state index contributed by atoms with van der Waals surface area (Å²) < 4.78 is 0. The third kappa shape index (κ3) is 3.58. The number of rotatable bonds is 4. The van der Waals surface area contributed by atoms with Crippen LogP contribution in [0.25, 0.3) is 44.8 Å². The topological polar surface area (TPSA) is 46.0 Å². The minimum absolute atomic E-state index is 0.199. The largest absolute Gasteiger partial charge is 0.507 e. The highest BCUT2D eigenvalue weighted by atomic mass is 16.3. The average molecular weight is 400 g/mol. The van der Waals surface area contributed by atoms with E-state index in [4.69, 9.17) is 0 Å². The van der Waals surface area contributed by atoms with E-state index in [9.17, 15) is 5.11 Å². The Labute approximate surface area is 181 Å². The lowest BCUT2D eigenvalue weighted by Crippen LogP contribution is -1.96. The Morgan fingerprint density at radius 2 is 0.968 bits per heavy atom. The predicted octanol–water partition coefficient (Wildman–Crippen LogP) is 6.85. The molecular weight excluding hydrogens is 380 g/mol. The standard InChI is InChI=1S/C28H20N2O/c31-28-23(21-13-5-2-6-14-21)19-22(20-11-3-1-4-12-20)26(24-15-7-9-17-29-24)27(28)25-16-8-10-18-30-25/h1-19,31H. The van der Waals surface area contributed by atoms with Crippen LogP contribution >= 0.6 is 0 Å². The van der Waals surface area contributed by atoms with Gasteiger partial charge in [-0.25, -0.2) is 0 Å². The van der Waals surface area contributed by atoms with Gasteiger partial charge in [-0.2, -0.15) is 0 Å². The van der Waals surface area contributed by atoms with E-state index < -0.39 is 0 Å². The van der Waals surface area contributed by atoms with Crippen molar-refractivity contribution in [3.05, 3.63) is 116 Å². The van der Waals surface area contributed by atoms with Crippen molar-refractivity contribution in [3.8, 4) is 50.5 Å². The lowest BCUT2D eigenvalue weighted by Gasteiger charge is -2.20. The van der Waals surface area contributed by atoms with Crippen LogP contribution in [0.3, 0.4) is 0 Å². The first-order valence-electron chi connectivity index (χ1n) is 10.2. The molecule has 1 N–H and O–H groups in total. The molecule has 148 valence electrons. The Hall–Kier alpha value is -4.24. The Balaban J connectivity index is 1.93. The van der Waals surface area contributed by atoms with Crippen LogP contribution in [-0.4, -0.2) is 15.1 Å². The molecule has 0 fully saturated rings. The fourth-order valence-electron chi connectivity index (χ4n) is 3.89. The molecule has 0 saturated heterocycles. The van der Waals surface area contributed by atoms with Gasteiger partial charge in [-0.3, -0.25) is 9.97 Å². The first-order chi connectivity index (χ1) is 15.3. The second kappa shape index (κ2) is 8.25. The van der Waals surface area contributed by atoms with Gasteiger partial charge in [0, 0.05) is 23.5 Å².